The van der Waals surface area contributed by atoms with Crippen LogP contribution in [0.3, 0.4) is 0 Å². The molecule has 1 aromatic carbocycles. The number of aryl methyl sites for hydroxylation is 2. The number of urea groups is 1. The number of rotatable bonds is 5. The third-order valence-corrected chi connectivity index (χ3v) is 8.13. The van der Waals surface area contributed by atoms with Crippen molar-refractivity contribution in [2.24, 2.45) is 4.99 Å². The Hall–Kier alpha value is -4.90. The highest BCUT2D eigenvalue weighted by Crippen LogP contribution is 2.46. The average molecular weight is 567 g/mol. The molecule has 0 atom stereocenters. The van der Waals surface area contributed by atoms with Crippen LogP contribution in [0.25, 0.3) is 10.2 Å². The Bertz CT molecular complexity index is 1780. The number of nitrogens with one attached hydrogen (secondary N) is 1. The predicted octanol–water partition coefficient (Wildman–Crippen LogP) is 6.17. The van der Waals surface area contributed by atoms with Crippen molar-refractivity contribution in [1.29, 1.82) is 0 Å². The molecule has 6 rings (SSSR count). The van der Waals surface area contributed by atoms with E-state index >= 15 is 0 Å². The molecule has 10 nitrogen and oxygen atoms in total. The van der Waals surface area contributed by atoms with Gasteiger partial charge in [0, 0.05) is 24.7 Å². The van der Waals surface area contributed by atoms with E-state index in [1.54, 1.807) is 34.3 Å². The number of carbonyl (C=O) groups excluding carboxylic acids is 3. The highest BCUT2D eigenvalue weighted by atomic mass is 32.1. The molecule has 1 N–H and O–H groups in total. The summed E-state index contributed by atoms with van der Waals surface area (Å²) in [6.45, 7) is 8.20. The van der Waals surface area contributed by atoms with Crippen LogP contribution in [0.5, 0.6) is 11.5 Å². The van der Waals surface area contributed by atoms with Crippen LogP contribution >= 0.6 is 11.3 Å². The Kier molecular flexibility index (Phi) is 6.80. The fraction of sp³-hybridized carbons (Fsp3) is 0.200. The largest absolute Gasteiger partial charge is 0.455 e. The van der Waals surface area contributed by atoms with Gasteiger partial charge >= 0.3 is 6.03 Å². The first-order chi connectivity index (χ1) is 19.8. The van der Waals surface area contributed by atoms with Crippen molar-refractivity contribution >= 4 is 62.2 Å². The summed E-state index contributed by atoms with van der Waals surface area (Å²) in [5.74, 6) is 0.626. The van der Waals surface area contributed by atoms with E-state index < -0.39 is 11.9 Å². The van der Waals surface area contributed by atoms with Crippen molar-refractivity contribution in [3.8, 4) is 11.5 Å². The molecule has 0 radical (unpaired) electrons. The zero-order chi connectivity index (χ0) is 28.7. The van der Waals surface area contributed by atoms with Crippen molar-refractivity contribution in [2.75, 3.05) is 23.3 Å². The molecule has 11 heteroatoms. The summed E-state index contributed by atoms with van der Waals surface area (Å²) in [6.07, 6.45) is 5.94. The molecule has 4 aromatic rings. The summed E-state index contributed by atoms with van der Waals surface area (Å²) in [7, 11) is 0. The van der Waals surface area contributed by atoms with Crippen LogP contribution in [0.4, 0.5) is 21.9 Å². The second kappa shape index (κ2) is 10.6. The molecular formula is C30H26N6O4S. The molecule has 2 aliphatic rings. The van der Waals surface area contributed by atoms with Gasteiger partial charge in [-0.3, -0.25) is 19.5 Å². The van der Waals surface area contributed by atoms with Gasteiger partial charge in [-0.05, 0) is 74.7 Å². The first-order valence-electron chi connectivity index (χ1n) is 13.1. The third-order valence-electron chi connectivity index (χ3n) is 7.05. The van der Waals surface area contributed by atoms with Crippen LogP contribution in [0.2, 0.25) is 0 Å². The van der Waals surface area contributed by atoms with Crippen LogP contribution < -0.4 is 15.0 Å². The summed E-state index contributed by atoms with van der Waals surface area (Å²) in [5, 5.41) is 3.59. The number of amides is 4. The minimum absolute atomic E-state index is 0.190. The average Bonchev–Trinajstić information content (AvgIpc) is 3.34. The van der Waals surface area contributed by atoms with E-state index in [0.29, 0.717) is 68.8 Å². The molecule has 5 heterocycles. The normalized spacial score (nSPS) is 15.7. The molecule has 0 bridgehead atoms. The number of aromatic nitrogens is 2. The van der Waals surface area contributed by atoms with E-state index in [1.165, 1.54) is 17.4 Å². The highest BCUT2D eigenvalue weighted by Gasteiger charge is 2.33. The number of benzene rings is 1. The van der Waals surface area contributed by atoms with Gasteiger partial charge in [-0.2, -0.15) is 0 Å². The number of thiophene rings is 1. The van der Waals surface area contributed by atoms with E-state index in [2.05, 4.69) is 26.9 Å². The van der Waals surface area contributed by atoms with Gasteiger partial charge in [0.25, 0.3) is 5.91 Å². The van der Waals surface area contributed by atoms with Gasteiger partial charge in [-0.25, -0.2) is 14.8 Å². The maximum absolute atomic E-state index is 13.5. The fourth-order valence-corrected chi connectivity index (χ4v) is 6.08. The van der Waals surface area contributed by atoms with Crippen molar-refractivity contribution in [3.05, 3.63) is 77.6 Å². The lowest BCUT2D eigenvalue weighted by Gasteiger charge is -2.29. The van der Waals surface area contributed by atoms with Crippen LogP contribution in [0.15, 0.2) is 66.4 Å². The second-order valence-electron chi connectivity index (χ2n) is 9.77. The Morgan fingerprint density at radius 2 is 2.00 bits per heavy atom. The third kappa shape index (κ3) is 4.84. The van der Waals surface area contributed by atoms with Gasteiger partial charge < -0.3 is 15.0 Å². The second-order valence-corrected chi connectivity index (χ2v) is 10.8. The standard InChI is InChI=1S/C30H26N6O4S/c1-4-24(37)35-14-6-7-19(16-35)33-28(38)27-26-25-22(11-13-32-29(25)41-27)36(30(39)34-26)21-10-9-20(15-17(21)2)40-23-8-5-12-31-18(23)3/h4-5,8-13,15H,1,6-7,14,16H2,2-3H3,(H,34,39). The van der Waals surface area contributed by atoms with E-state index in [4.69, 9.17) is 4.74 Å². The van der Waals surface area contributed by atoms with Crippen molar-refractivity contribution in [1.82, 2.24) is 14.9 Å². The van der Waals surface area contributed by atoms with Gasteiger partial charge in [0.05, 0.1) is 34.7 Å². The van der Waals surface area contributed by atoms with Crippen molar-refractivity contribution in [2.45, 2.75) is 26.7 Å². The smallest absolute Gasteiger partial charge is 0.331 e. The number of aliphatic imine (C=N–C) groups is 1. The first kappa shape index (κ1) is 26.3. The molecular weight excluding hydrogens is 540 g/mol. The summed E-state index contributed by atoms with van der Waals surface area (Å²) in [5.41, 5.74) is 3.92. The zero-order valence-corrected chi connectivity index (χ0v) is 23.3. The number of hydrogen-bond acceptors (Lipinski definition) is 7. The van der Waals surface area contributed by atoms with Crippen LogP contribution in [-0.4, -0.2) is 51.5 Å². The summed E-state index contributed by atoms with van der Waals surface area (Å²) >= 11 is 1.19. The fourth-order valence-electron chi connectivity index (χ4n) is 5.08. The first-order valence-corrected chi connectivity index (χ1v) is 13.9. The van der Waals surface area contributed by atoms with Crippen LogP contribution in [0, 0.1) is 13.8 Å². The van der Waals surface area contributed by atoms with E-state index in [1.807, 2.05) is 38.1 Å². The van der Waals surface area contributed by atoms with Gasteiger partial charge in [0.15, 0.2) is 0 Å². The van der Waals surface area contributed by atoms with Crippen molar-refractivity contribution < 1.29 is 19.1 Å². The van der Waals surface area contributed by atoms with E-state index in [0.717, 1.165) is 11.3 Å². The summed E-state index contributed by atoms with van der Waals surface area (Å²) in [4.78, 5) is 56.2. The number of nitrogens with zero attached hydrogens (tertiary/aromatic N) is 5. The minimum Gasteiger partial charge on any atom is -0.455 e. The molecule has 0 aliphatic carbocycles. The molecule has 1 saturated heterocycles. The maximum Gasteiger partial charge on any atom is 0.331 e. The SMILES string of the molecule is C=CC(=O)N1CCCC(=NC(=O)c2sc3nccc4c3c2NC(=O)N4c2ccc(Oc3cccnc3C)cc2C)C1. The number of ether oxygens (including phenoxy) is 1. The number of likely N-dealkylation sites (tertiary alicyclic amines) is 1. The molecule has 2 aliphatic heterocycles. The predicted molar refractivity (Wildman–Crippen MR) is 159 cm³/mol. The Morgan fingerprint density at radius 1 is 1.15 bits per heavy atom. The number of carbonyl (C=O) groups is 3. The molecule has 41 heavy (non-hydrogen) atoms. The van der Waals surface area contributed by atoms with E-state index in [9.17, 15) is 14.4 Å². The number of pyridine rings is 2. The number of hydrogen-bond donors (Lipinski definition) is 1. The number of anilines is 3. The molecule has 4 amide bonds. The van der Waals surface area contributed by atoms with Crippen molar-refractivity contribution in [3.63, 3.8) is 0 Å². The Labute approximate surface area is 240 Å². The summed E-state index contributed by atoms with van der Waals surface area (Å²) in [6, 6.07) is 10.5. The highest BCUT2D eigenvalue weighted by molar-refractivity contribution is 7.21. The molecule has 0 spiro atoms. The quantitative estimate of drug-likeness (QED) is 0.289. The Morgan fingerprint density at radius 3 is 2.78 bits per heavy atom. The Balaban J connectivity index is 1.33. The molecule has 1 fully saturated rings. The molecule has 206 valence electrons. The molecule has 0 unspecified atom stereocenters. The van der Waals surface area contributed by atoms with Crippen LogP contribution in [0.1, 0.15) is 33.8 Å². The molecule has 0 saturated carbocycles. The topological polar surface area (TPSA) is 117 Å². The van der Waals surface area contributed by atoms with Gasteiger partial charge in [-0.15, -0.1) is 11.3 Å². The van der Waals surface area contributed by atoms with Gasteiger partial charge in [0.1, 0.15) is 21.2 Å². The van der Waals surface area contributed by atoms with Gasteiger partial charge in [-0.1, -0.05) is 6.58 Å². The minimum atomic E-state index is -0.464. The van der Waals surface area contributed by atoms with E-state index in [-0.39, 0.29) is 12.5 Å². The lowest BCUT2D eigenvalue weighted by atomic mass is 10.1. The maximum atomic E-state index is 13.5. The lowest BCUT2D eigenvalue weighted by molar-refractivity contribution is -0.125. The summed E-state index contributed by atoms with van der Waals surface area (Å²) < 4.78 is 6.02. The van der Waals surface area contributed by atoms with Crippen LogP contribution in [-0.2, 0) is 4.79 Å². The number of piperidine rings is 1. The van der Waals surface area contributed by atoms with Gasteiger partial charge in [0.2, 0.25) is 5.91 Å². The monoisotopic (exact) mass is 566 g/mol. The lowest BCUT2D eigenvalue weighted by Crippen LogP contribution is -2.39. The zero-order valence-electron chi connectivity index (χ0n) is 22.5. The molecule has 3 aromatic heterocycles.